The van der Waals surface area contributed by atoms with Crippen molar-refractivity contribution in [3.63, 3.8) is 0 Å². The van der Waals surface area contributed by atoms with Crippen LogP contribution in [0.1, 0.15) is 51.9 Å². The second-order valence-electron chi connectivity index (χ2n) is 4.84. The Labute approximate surface area is 85.1 Å². The molecule has 78 valence electrons. The first-order chi connectivity index (χ1) is 6.67. The average Bonchev–Trinajstić information content (AvgIpc) is 2.99. The van der Waals surface area contributed by atoms with Crippen LogP contribution in [0, 0.1) is 11.3 Å². The van der Waals surface area contributed by atoms with Gasteiger partial charge in [0.2, 0.25) is 0 Å². The summed E-state index contributed by atoms with van der Waals surface area (Å²) >= 11 is 0. The molecule has 0 saturated heterocycles. The summed E-state index contributed by atoms with van der Waals surface area (Å²) in [5, 5.41) is 0. The maximum Gasteiger partial charge on any atom is 0.149 e. The molecule has 0 unspecified atom stereocenters. The van der Waals surface area contributed by atoms with Crippen molar-refractivity contribution in [1.82, 2.24) is 0 Å². The molecule has 0 N–H and O–H groups in total. The largest absolute Gasteiger partial charge is 0.299 e. The van der Waals surface area contributed by atoms with Crippen LogP contribution in [0.4, 0.5) is 0 Å². The Balaban J connectivity index is 2.04. The molecule has 0 aromatic carbocycles. The van der Waals surface area contributed by atoms with Crippen molar-refractivity contribution in [2.45, 2.75) is 51.9 Å². The molecule has 0 radical (unpaired) electrons. The van der Waals surface area contributed by atoms with E-state index in [4.69, 9.17) is 0 Å². The molecule has 0 heterocycles. The minimum atomic E-state index is -0.512. The fraction of sp³-hybridized carbons (Fsp3) is 0.833. The van der Waals surface area contributed by atoms with Gasteiger partial charge >= 0.3 is 0 Å². The minimum absolute atomic E-state index is 0.105. The zero-order chi connectivity index (χ0) is 10.2. The van der Waals surface area contributed by atoms with Gasteiger partial charge in [-0.3, -0.25) is 9.59 Å². The van der Waals surface area contributed by atoms with Crippen LogP contribution < -0.4 is 0 Å². The van der Waals surface area contributed by atoms with Crippen molar-refractivity contribution in [1.29, 1.82) is 0 Å². The van der Waals surface area contributed by atoms with Crippen LogP contribution in [-0.2, 0) is 9.59 Å². The van der Waals surface area contributed by atoms with Crippen molar-refractivity contribution < 1.29 is 9.59 Å². The smallest absolute Gasteiger partial charge is 0.149 e. The van der Waals surface area contributed by atoms with E-state index in [0.29, 0.717) is 0 Å². The van der Waals surface area contributed by atoms with Crippen LogP contribution in [0.2, 0.25) is 0 Å². The van der Waals surface area contributed by atoms with Crippen LogP contribution in [0.5, 0.6) is 0 Å². The first-order valence-corrected chi connectivity index (χ1v) is 5.72. The summed E-state index contributed by atoms with van der Waals surface area (Å²) in [5.41, 5.74) is -0.512. The number of ketones is 2. The number of rotatable bonds is 3. The molecule has 0 aromatic heterocycles. The summed E-state index contributed by atoms with van der Waals surface area (Å²) in [6.45, 7) is 1.58. The molecule has 2 aliphatic rings. The lowest BCUT2D eigenvalue weighted by atomic mass is 9.79. The van der Waals surface area contributed by atoms with Crippen LogP contribution in [0.25, 0.3) is 0 Å². The summed E-state index contributed by atoms with van der Waals surface area (Å²) in [5.74, 6) is 0.577. The van der Waals surface area contributed by atoms with Gasteiger partial charge in [0, 0.05) is 5.92 Å². The van der Waals surface area contributed by atoms with Gasteiger partial charge in [-0.1, -0.05) is 19.3 Å². The lowest BCUT2D eigenvalue weighted by Gasteiger charge is -2.23. The van der Waals surface area contributed by atoms with Crippen LogP contribution >= 0.6 is 0 Å². The van der Waals surface area contributed by atoms with Crippen molar-refractivity contribution >= 4 is 11.6 Å². The van der Waals surface area contributed by atoms with Crippen molar-refractivity contribution in [3.8, 4) is 0 Å². The molecule has 0 spiro atoms. The average molecular weight is 194 g/mol. The van der Waals surface area contributed by atoms with Gasteiger partial charge < -0.3 is 0 Å². The third-order valence-electron chi connectivity index (χ3n) is 3.87. The van der Waals surface area contributed by atoms with E-state index in [-0.39, 0.29) is 17.5 Å². The molecule has 2 heteroatoms. The number of Topliss-reactive ketones (excluding diaryl/α,β-unsaturated/α-hetero) is 2. The highest BCUT2D eigenvalue weighted by Crippen LogP contribution is 2.50. The maximum atomic E-state index is 12.1. The van der Waals surface area contributed by atoms with Gasteiger partial charge in [-0.25, -0.2) is 0 Å². The zero-order valence-corrected chi connectivity index (χ0v) is 8.84. The second kappa shape index (κ2) is 3.48. The molecule has 0 atom stereocenters. The van der Waals surface area contributed by atoms with Crippen LogP contribution in [-0.4, -0.2) is 11.6 Å². The molecular formula is C12H18O2. The first kappa shape index (κ1) is 9.88. The highest BCUT2D eigenvalue weighted by Gasteiger charge is 2.55. The number of hydrogen-bond donors (Lipinski definition) is 0. The Kier molecular flexibility index (Phi) is 2.46. The Morgan fingerprint density at radius 2 is 1.64 bits per heavy atom. The SMILES string of the molecule is CC(=O)C1(C(=O)C2CCCCC2)CC1. The number of carbonyl (C=O) groups is 2. The van der Waals surface area contributed by atoms with E-state index in [1.54, 1.807) is 6.92 Å². The van der Waals surface area contributed by atoms with Crippen LogP contribution in [0.15, 0.2) is 0 Å². The van der Waals surface area contributed by atoms with Gasteiger partial charge in [0.05, 0.1) is 5.41 Å². The third-order valence-corrected chi connectivity index (χ3v) is 3.87. The summed E-state index contributed by atoms with van der Waals surface area (Å²) in [6, 6.07) is 0. The van der Waals surface area contributed by atoms with Crippen LogP contribution in [0.3, 0.4) is 0 Å². The monoisotopic (exact) mass is 194 g/mol. The Hall–Kier alpha value is -0.660. The summed E-state index contributed by atoms with van der Waals surface area (Å²) < 4.78 is 0. The van der Waals surface area contributed by atoms with E-state index in [9.17, 15) is 9.59 Å². The lowest BCUT2D eigenvalue weighted by molar-refractivity contribution is -0.136. The summed E-state index contributed by atoms with van der Waals surface area (Å²) in [6.07, 6.45) is 7.28. The fourth-order valence-electron chi connectivity index (χ4n) is 2.65. The Bertz CT molecular complexity index is 257. The zero-order valence-electron chi connectivity index (χ0n) is 8.84. The molecule has 2 aliphatic carbocycles. The van der Waals surface area contributed by atoms with Crippen molar-refractivity contribution in [2.75, 3.05) is 0 Å². The third kappa shape index (κ3) is 1.51. The molecular weight excluding hydrogens is 176 g/mol. The quantitative estimate of drug-likeness (QED) is 0.647. The van der Waals surface area contributed by atoms with E-state index in [0.717, 1.165) is 25.7 Å². The molecule has 2 rings (SSSR count). The predicted molar refractivity (Wildman–Crippen MR) is 53.9 cm³/mol. The molecule has 0 amide bonds. The minimum Gasteiger partial charge on any atom is -0.299 e. The summed E-state index contributed by atoms with van der Waals surface area (Å²) in [4.78, 5) is 23.5. The van der Waals surface area contributed by atoms with E-state index >= 15 is 0 Å². The maximum absolute atomic E-state index is 12.1. The molecule has 2 saturated carbocycles. The molecule has 0 bridgehead atoms. The summed E-state index contributed by atoms with van der Waals surface area (Å²) in [7, 11) is 0. The van der Waals surface area contributed by atoms with Gasteiger partial charge in [-0.2, -0.15) is 0 Å². The topological polar surface area (TPSA) is 34.1 Å². The molecule has 2 nitrogen and oxygen atoms in total. The molecule has 14 heavy (non-hydrogen) atoms. The van der Waals surface area contributed by atoms with Crippen molar-refractivity contribution in [2.24, 2.45) is 11.3 Å². The first-order valence-electron chi connectivity index (χ1n) is 5.72. The Morgan fingerprint density at radius 1 is 1.07 bits per heavy atom. The van der Waals surface area contributed by atoms with Gasteiger partial charge in [0.15, 0.2) is 0 Å². The number of hydrogen-bond acceptors (Lipinski definition) is 2. The normalized spacial score (nSPS) is 25.8. The standard InChI is InChI=1S/C12H18O2/c1-9(13)12(7-8-12)11(14)10-5-3-2-4-6-10/h10H,2-8H2,1H3. The number of carbonyl (C=O) groups excluding carboxylic acids is 2. The van der Waals surface area contributed by atoms with Crippen molar-refractivity contribution in [3.05, 3.63) is 0 Å². The lowest BCUT2D eigenvalue weighted by Crippen LogP contribution is -2.31. The van der Waals surface area contributed by atoms with Gasteiger partial charge in [0.25, 0.3) is 0 Å². The van der Waals surface area contributed by atoms with Gasteiger partial charge in [0.1, 0.15) is 11.6 Å². The van der Waals surface area contributed by atoms with E-state index in [2.05, 4.69) is 0 Å². The highest BCUT2D eigenvalue weighted by atomic mass is 16.2. The highest BCUT2D eigenvalue weighted by molar-refractivity contribution is 6.09. The molecule has 0 aromatic rings. The van der Waals surface area contributed by atoms with E-state index in [1.807, 2.05) is 0 Å². The second-order valence-corrected chi connectivity index (χ2v) is 4.84. The van der Waals surface area contributed by atoms with Gasteiger partial charge in [-0.15, -0.1) is 0 Å². The predicted octanol–water partition coefficient (Wildman–Crippen LogP) is 2.51. The van der Waals surface area contributed by atoms with E-state index in [1.165, 1.54) is 19.3 Å². The molecule has 0 aliphatic heterocycles. The van der Waals surface area contributed by atoms with E-state index < -0.39 is 5.41 Å². The fourth-order valence-corrected chi connectivity index (χ4v) is 2.65. The molecule has 2 fully saturated rings. The van der Waals surface area contributed by atoms with Gasteiger partial charge in [-0.05, 0) is 32.6 Å². The Morgan fingerprint density at radius 3 is 2.07 bits per heavy atom.